The fraction of sp³-hybridized carbons (Fsp3) is 0.529. The molecule has 1 saturated heterocycles. The van der Waals surface area contributed by atoms with E-state index in [-0.39, 0.29) is 23.7 Å². The van der Waals surface area contributed by atoms with Crippen LogP contribution in [0.2, 0.25) is 0 Å². The number of carbonyl (C=O) groups excluding carboxylic acids is 1. The molecule has 1 aliphatic rings. The van der Waals surface area contributed by atoms with Crippen molar-refractivity contribution in [1.29, 1.82) is 0 Å². The summed E-state index contributed by atoms with van der Waals surface area (Å²) < 4.78 is 9.78. The van der Waals surface area contributed by atoms with Gasteiger partial charge in [-0.05, 0) is 30.5 Å². The third-order valence-corrected chi connectivity index (χ3v) is 5.49. The maximum absolute atomic E-state index is 11.4. The molecule has 2 atom stereocenters. The number of benzene rings is 1. The number of nitrogens with zero attached hydrogens (tertiary/aromatic N) is 1. The van der Waals surface area contributed by atoms with Crippen LogP contribution in [0.15, 0.2) is 24.3 Å². The molecule has 0 bridgehead atoms. The maximum atomic E-state index is 11.4. The first kappa shape index (κ1) is 18.4. The SMILES string of the molecule is COC(=O)CC[C@@H]1C[C@@H](SCc2ccc(OC)cc2)CN1C(=O)O. The van der Waals surface area contributed by atoms with E-state index in [2.05, 4.69) is 4.74 Å². The van der Waals surface area contributed by atoms with Gasteiger partial charge in [0.1, 0.15) is 5.75 Å². The van der Waals surface area contributed by atoms with Crippen LogP contribution < -0.4 is 4.74 Å². The topological polar surface area (TPSA) is 76.1 Å². The van der Waals surface area contributed by atoms with Crippen molar-refractivity contribution >= 4 is 23.8 Å². The number of carboxylic acid groups (broad SMARTS) is 1. The predicted molar refractivity (Wildman–Crippen MR) is 92.5 cm³/mol. The highest BCUT2D eigenvalue weighted by atomic mass is 32.2. The number of rotatable bonds is 7. The summed E-state index contributed by atoms with van der Waals surface area (Å²) in [5, 5.41) is 9.59. The second kappa shape index (κ2) is 8.82. The van der Waals surface area contributed by atoms with Crippen LogP contribution in [0, 0.1) is 0 Å². The van der Waals surface area contributed by atoms with Gasteiger partial charge in [-0.2, -0.15) is 11.8 Å². The first-order chi connectivity index (χ1) is 11.5. The molecule has 1 aliphatic heterocycles. The van der Waals surface area contributed by atoms with Crippen molar-refractivity contribution in [2.45, 2.75) is 36.3 Å². The van der Waals surface area contributed by atoms with E-state index in [0.29, 0.717) is 13.0 Å². The van der Waals surface area contributed by atoms with Crippen LogP contribution in [0.5, 0.6) is 5.75 Å². The fourth-order valence-electron chi connectivity index (χ4n) is 2.82. The van der Waals surface area contributed by atoms with Crippen LogP contribution >= 0.6 is 11.8 Å². The molecule has 0 aliphatic carbocycles. The molecule has 132 valence electrons. The zero-order valence-electron chi connectivity index (χ0n) is 13.9. The van der Waals surface area contributed by atoms with Gasteiger partial charge in [0.25, 0.3) is 0 Å². The Bertz CT molecular complexity index is 563. The maximum Gasteiger partial charge on any atom is 0.407 e. The molecule has 0 aromatic heterocycles. The number of hydrogen-bond acceptors (Lipinski definition) is 5. The Labute approximate surface area is 146 Å². The lowest BCUT2D eigenvalue weighted by molar-refractivity contribution is -0.140. The third-order valence-electron chi connectivity index (χ3n) is 4.18. The summed E-state index contributed by atoms with van der Waals surface area (Å²) in [6.07, 6.45) is 0.612. The molecule has 2 rings (SSSR count). The molecule has 1 heterocycles. The monoisotopic (exact) mass is 353 g/mol. The van der Waals surface area contributed by atoms with Crippen LogP contribution in [0.3, 0.4) is 0 Å². The largest absolute Gasteiger partial charge is 0.497 e. The second-order valence-electron chi connectivity index (χ2n) is 5.72. The summed E-state index contributed by atoms with van der Waals surface area (Å²) >= 11 is 1.75. The van der Waals surface area contributed by atoms with E-state index >= 15 is 0 Å². The summed E-state index contributed by atoms with van der Waals surface area (Å²) in [5.74, 6) is 1.35. The average molecular weight is 353 g/mol. The Morgan fingerprint density at radius 1 is 1.29 bits per heavy atom. The Morgan fingerprint density at radius 3 is 2.58 bits per heavy atom. The van der Waals surface area contributed by atoms with Gasteiger partial charge in [-0.15, -0.1) is 0 Å². The lowest BCUT2D eigenvalue weighted by Crippen LogP contribution is -2.34. The minimum Gasteiger partial charge on any atom is -0.497 e. The minimum absolute atomic E-state index is 0.116. The zero-order valence-corrected chi connectivity index (χ0v) is 14.8. The smallest absolute Gasteiger partial charge is 0.407 e. The number of likely N-dealkylation sites (tertiary alicyclic amines) is 1. The predicted octanol–water partition coefficient (Wildman–Crippen LogP) is 3.00. The summed E-state index contributed by atoms with van der Waals surface area (Å²) in [6, 6.07) is 7.77. The summed E-state index contributed by atoms with van der Waals surface area (Å²) in [5.41, 5.74) is 1.18. The number of ether oxygens (including phenoxy) is 2. The van der Waals surface area contributed by atoms with E-state index in [1.807, 2.05) is 24.3 Å². The van der Waals surface area contributed by atoms with Crippen LogP contribution in [-0.4, -0.2) is 54.1 Å². The molecule has 0 radical (unpaired) electrons. The lowest BCUT2D eigenvalue weighted by Gasteiger charge is -2.20. The Morgan fingerprint density at radius 2 is 2.00 bits per heavy atom. The molecule has 1 fully saturated rings. The highest BCUT2D eigenvalue weighted by molar-refractivity contribution is 7.99. The van der Waals surface area contributed by atoms with Crippen molar-refractivity contribution < 1.29 is 24.2 Å². The van der Waals surface area contributed by atoms with Gasteiger partial charge < -0.3 is 19.5 Å². The Balaban J connectivity index is 1.86. The fourth-order valence-corrected chi connectivity index (χ4v) is 4.07. The van der Waals surface area contributed by atoms with E-state index in [9.17, 15) is 14.7 Å². The number of thioether (sulfide) groups is 1. The minimum atomic E-state index is -0.919. The van der Waals surface area contributed by atoms with Gasteiger partial charge in [0, 0.05) is 30.0 Å². The molecule has 0 unspecified atom stereocenters. The summed E-state index contributed by atoms with van der Waals surface area (Å²) in [6.45, 7) is 0.502. The molecular formula is C17H23NO5S. The van der Waals surface area contributed by atoms with Crippen LogP contribution in [0.25, 0.3) is 0 Å². The Hall–Kier alpha value is -1.89. The summed E-state index contributed by atoms with van der Waals surface area (Å²) in [7, 11) is 2.98. The van der Waals surface area contributed by atoms with Gasteiger partial charge in [-0.25, -0.2) is 4.79 Å². The standard InChI is InChI=1S/C17H23NO5S/c1-22-14-6-3-12(4-7-14)11-24-15-9-13(5-8-16(19)23-2)18(10-15)17(20)21/h3-4,6-7,13,15H,5,8-11H2,1-2H3,(H,20,21)/t13-,15-/m1/s1. The molecule has 0 saturated carbocycles. The molecule has 7 heteroatoms. The average Bonchev–Trinajstić information content (AvgIpc) is 3.01. The van der Waals surface area contributed by atoms with Gasteiger partial charge in [-0.1, -0.05) is 12.1 Å². The number of amides is 1. The molecule has 6 nitrogen and oxygen atoms in total. The number of hydrogen-bond donors (Lipinski definition) is 1. The highest BCUT2D eigenvalue weighted by Crippen LogP contribution is 2.32. The van der Waals surface area contributed by atoms with Gasteiger partial charge in [-0.3, -0.25) is 4.79 Å². The molecule has 0 spiro atoms. The van der Waals surface area contributed by atoms with E-state index in [1.54, 1.807) is 18.9 Å². The van der Waals surface area contributed by atoms with Crippen molar-refractivity contribution in [2.75, 3.05) is 20.8 Å². The first-order valence-corrected chi connectivity index (χ1v) is 8.89. The lowest BCUT2D eigenvalue weighted by atomic mass is 10.1. The summed E-state index contributed by atoms with van der Waals surface area (Å²) in [4.78, 5) is 24.1. The molecule has 1 amide bonds. The zero-order chi connectivity index (χ0) is 17.5. The van der Waals surface area contributed by atoms with Crippen molar-refractivity contribution in [1.82, 2.24) is 4.90 Å². The first-order valence-electron chi connectivity index (χ1n) is 7.84. The van der Waals surface area contributed by atoms with E-state index < -0.39 is 6.09 Å². The normalized spacial score (nSPS) is 20.0. The number of methoxy groups -OCH3 is 2. The van der Waals surface area contributed by atoms with Crippen molar-refractivity contribution in [3.8, 4) is 5.75 Å². The second-order valence-corrected chi connectivity index (χ2v) is 7.01. The molecule has 1 aromatic carbocycles. The van der Waals surface area contributed by atoms with Gasteiger partial charge in [0.05, 0.1) is 14.2 Å². The van der Waals surface area contributed by atoms with Crippen LogP contribution in [0.4, 0.5) is 4.79 Å². The van der Waals surface area contributed by atoms with E-state index in [1.165, 1.54) is 17.6 Å². The quantitative estimate of drug-likeness (QED) is 0.760. The van der Waals surface area contributed by atoms with Crippen LogP contribution in [0.1, 0.15) is 24.8 Å². The highest BCUT2D eigenvalue weighted by Gasteiger charge is 2.35. The third kappa shape index (κ3) is 5.06. The van der Waals surface area contributed by atoms with Gasteiger partial charge in [0.2, 0.25) is 0 Å². The number of esters is 1. The molecular weight excluding hydrogens is 330 g/mol. The van der Waals surface area contributed by atoms with Gasteiger partial charge >= 0.3 is 12.1 Å². The molecule has 1 aromatic rings. The van der Waals surface area contributed by atoms with Crippen molar-refractivity contribution in [2.24, 2.45) is 0 Å². The van der Waals surface area contributed by atoms with Gasteiger partial charge in [0.15, 0.2) is 0 Å². The van der Waals surface area contributed by atoms with Crippen molar-refractivity contribution in [3.63, 3.8) is 0 Å². The molecule has 24 heavy (non-hydrogen) atoms. The van der Waals surface area contributed by atoms with Crippen LogP contribution in [-0.2, 0) is 15.3 Å². The Kier molecular flexibility index (Phi) is 6.78. The van der Waals surface area contributed by atoms with Crippen molar-refractivity contribution in [3.05, 3.63) is 29.8 Å². The van der Waals surface area contributed by atoms with E-state index in [0.717, 1.165) is 17.9 Å². The molecule has 1 N–H and O–H groups in total. The van der Waals surface area contributed by atoms with E-state index in [4.69, 9.17) is 4.74 Å². The number of carbonyl (C=O) groups is 2.